The van der Waals surface area contributed by atoms with Crippen LogP contribution in [0.25, 0.3) is 0 Å². The summed E-state index contributed by atoms with van der Waals surface area (Å²) in [4.78, 5) is 18.4. The van der Waals surface area contributed by atoms with Crippen molar-refractivity contribution in [3.63, 3.8) is 0 Å². The van der Waals surface area contributed by atoms with Crippen LogP contribution in [0, 0.1) is 5.92 Å². The molecule has 1 aliphatic heterocycles. The molecule has 1 fully saturated rings. The third-order valence-corrected chi connectivity index (χ3v) is 6.60. The normalized spacial score (nSPS) is 18.3. The van der Waals surface area contributed by atoms with E-state index in [1.807, 2.05) is 33.8 Å². The number of primary amides is 1. The van der Waals surface area contributed by atoms with Gasteiger partial charge in [0.15, 0.2) is 5.96 Å². The summed E-state index contributed by atoms with van der Waals surface area (Å²) < 4.78 is 28.4. The number of likely N-dealkylation sites (tertiary alicyclic amines) is 1. The van der Waals surface area contributed by atoms with Crippen molar-refractivity contribution in [1.29, 1.82) is 0 Å². The summed E-state index contributed by atoms with van der Waals surface area (Å²) in [7, 11) is -3.66. The Balaban J connectivity index is 2.24. The van der Waals surface area contributed by atoms with Gasteiger partial charge in [0.2, 0.25) is 15.9 Å². The third-order valence-electron chi connectivity index (χ3n) is 4.75. The lowest BCUT2D eigenvalue weighted by Gasteiger charge is -2.34. The molecule has 1 atom stereocenters. The highest BCUT2D eigenvalue weighted by molar-refractivity contribution is 7.89. The van der Waals surface area contributed by atoms with Gasteiger partial charge in [-0.15, -0.1) is 0 Å². The van der Waals surface area contributed by atoms with Crippen molar-refractivity contribution in [3.8, 4) is 0 Å². The lowest BCUT2D eigenvalue weighted by molar-refractivity contribution is -0.119. The molecule has 1 aliphatic rings. The second kappa shape index (κ2) is 10.3. The minimum atomic E-state index is -3.66. The predicted octanol–water partition coefficient (Wildman–Crippen LogP) is 1.82. The van der Waals surface area contributed by atoms with E-state index >= 15 is 0 Å². The van der Waals surface area contributed by atoms with Gasteiger partial charge in [-0.2, -0.15) is 0 Å². The molecule has 8 nitrogen and oxygen atoms in total. The summed E-state index contributed by atoms with van der Waals surface area (Å²) in [5, 5.41) is 3.29. The Morgan fingerprint density at radius 3 is 2.63 bits per heavy atom. The van der Waals surface area contributed by atoms with E-state index in [9.17, 15) is 13.2 Å². The maximum atomic E-state index is 12.9. The lowest BCUT2D eigenvalue weighted by atomic mass is 9.95. The average molecular weight is 438 g/mol. The Labute approximate surface area is 180 Å². The number of aliphatic imine (C=N–C) groups is 1. The highest BCUT2D eigenvalue weighted by Gasteiger charge is 2.25. The van der Waals surface area contributed by atoms with E-state index < -0.39 is 15.6 Å². The van der Waals surface area contributed by atoms with Crippen molar-refractivity contribution in [2.45, 2.75) is 63.9 Å². The molecule has 168 valence electrons. The first-order chi connectivity index (χ1) is 14.0. The number of sulfonamides is 1. The first kappa shape index (κ1) is 24.1. The summed E-state index contributed by atoms with van der Waals surface area (Å²) >= 11 is 0. The molecule has 30 heavy (non-hydrogen) atoms. The van der Waals surface area contributed by atoms with Crippen molar-refractivity contribution in [2.75, 3.05) is 19.6 Å². The molecule has 0 saturated carbocycles. The number of piperidine rings is 1. The van der Waals surface area contributed by atoms with E-state index in [1.165, 1.54) is 0 Å². The van der Waals surface area contributed by atoms with E-state index in [0.29, 0.717) is 25.1 Å². The number of nitrogens with two attached hydrogens (primary N) is 1. The van der Waals surface area contributed by atoms with Gasteiger partial charge in [-0.3, -0.25) is 4.79 Å². The smallest absolute Gasteiger partial charge is 0.241 e. The van der Waals surface area contributed by atoms with Crippen molar-refractivity contribution >= 4 is 21.9 Å². The molecule has 1 saturated heterocycles. The summed E-state index contributed by atoms with van der Waals surface area (Å²) in [5.41, 5.74) is 5.43. The number of nitrogens with zero attached hydrogens (tertiary/aromatic N) is 2. The highest BCUT2D eigenvalue weighted by atomic mass is 32.2. The molecule has 1 heterocycles. The molecule has 1 aromatic carbocycles. The van der Waals surface area contributed by atoms with Crippen LogP contribution in [0.15, 0.2) is 34.2 Å². The van der Waals surface area contributed by atoms with Crippen LogP contribution in [-0.4, -0.2) is 50.4 Å². The molecule has 0 aliphatic carbocycles. The first-order valence-corrected chi connectivity index (χ1v) is 11.9. The molecule has 1 amide bonds. The van der Waals surface area contributed by atoms with Gasteiger partial charge >= 0.3 is 0 Å². The highest BCUT2D eigenvalue weighted by Crippen LogP contribution is 2.21. The van der Waals surface area contributed by atoms with E-state index in [-0.39, 0.29) is 23.3 Å². The fourth-order valence-corrected chi connectivity index (χ4v) is 5.30. The van der Waals surface area contributed by atoms with Gasteiger partial charge in [0.25, 0.3) is 0 Å². The number of carbonyl (C=O) groups is 1. The predicted molar refractivity (Wildman–Crippen MR) is 119 cm³/mol. The molecule has 2 rings (SSSR count). The molecule has 0 aromatic heterocycles. The number of rotatable bonds is 7. The number of hydrogen-bond acceptors (Lipinski definition) is 4. The van der Waals surface area contributed by atoms with Crippen LogP contribution in [0.5, 0.6) is 0 Å². The lowest BCUT2D eigenvalue weighted by Crippen LogP contribution is -2.47. The average Bonchev–Trinajstić information content (AvgIpc) is 2.63. The Hall–Kier alpha value is -2.13. The third kappa shape index (κ3) is 7.28. The molecule has 1 aromatic rings. The molecule has 1 unspecified atom stereocenters. The van der Waals surface area contributed by atoms with Crippen LogP contribution in [0.4, 0.5) is 0 Å². The second-order valence-corrected chi connectivity index (χ2v) is 10.4. The number of amides is 1. The van der Waals surface area contributed by atoms with Gasteiger partial charge in [0.05, 0.1) is 11.4 Å². The number of carbonyl (C=O) groups excluding carboxylic acids is 1. The van der Waals surface area contributed by atoms with Crippen LogP contribution < -0.4 is 15.8 Å². The zero-order chi connectivity index (χ0) is 22.4. The van der Waals surface area contributed by atoms with Gasteiger partial charge in [0, 0.05) is 31.6 Å². The topological polar surface area (TPSA) is 117 Å². The van der Waals surface area contributed by atoms with Crippen molar-refractivity contribution in [3.05, 3.63) is 29.8 Å². The van der Waals surface area contributed by atoms with Crippen molar-refractivity contribution < 1.29 is 13.2 Å². The molecular weight excluding hydrogens is 402 g/mol. The number of hydrogen-bond donors (Lipinski definition) is 3. The molecule has 0 bridgehead atoms. The molecule has 0 spiro atoms. The van der Waals surface area contributed by atoms with Crippen molar-refractivity contribution in [2.24, 2.45) is 16.6 Å². The summed E-state index contributed by atoms with van der Waals surface area (Å²) in [5.74, 6) is 0.653. The zero-order valence-corrected chi connectivity index (χ0v) is 19.3. The molecule has 9 heteroatoms. The Morgan fingerprint density at radius 2 is 2.00 bits per heavy atom. The largest absolute Gasteiger partial charge is 0.370 e. The summed E-state index contributed by atoms with van der Waals surface area (Å²) in [6.45, 7) is 9.91. The van der Waals surface area contributed by atoms with Gasteiger partial charge in [0.1, 0.15) is 0 Å². The summed E-state index contributed by atoms with van der Waals surface area (Å²) in [6.07, 6.45) is 2.30. The van der Waals surface area contributed by atoms with Gasteiger partial charge < -0.3 is 16.0 Å². The molecular formula is C21H35N5O3S. The Kier molecular flexibility index (Phi) is 8.25. The van der Waals surface area contributed by atoms with Crippen LogP contribution in [0.3, 0.4) is 0 Å². The van der Waals surface area contributed by atoms with Crippen molar-refractivity contribution in [1.82, 2.24) is 14.9 Å². The van der Waals surface area contributed by atoms with Gasteiger partial charge in [-0.05, 0) is 58.1 Å². The van der Waals surface area contributed by atoms with E-state index in [0.717, 1.165) is 25.3 Å². The number of nitrogens with one attached hydrogen (secondary N) is 2. The van der Waals surface area contributed by atoms with E-state index in [2.05, 4.69) is 14.9 Å². The SMILES string of the molecule is CCNC(=NCc1ccccc1S(=O)(=O)NC(C)(C)C)N1CCCC(CC(N)=O)C1. The number of benzene rings is 1. The standard InChI is InChI=1S/C21H35N5O3S/c1-5-23-20(26-12-8-9-16(15-26)13-19(22)27)24-14-17-10-6-7-11-18(17)30(28,29)25-21(2,3)4/h6-7,10-11,16,25H,5,8-9,12-15H2,1-4H3,(H2,22,27)(H,23,24). The minimum Gasteiger partial charge on any atom is -0.370 e. The Morgan fingerprint density at radius 1 is 1.30 bits per heavy atom. The fourth-order valence-electron chi connectivity index (χ4n) is 3.65. The van der Waals surface area contributed by atoms with Crippen LogP contribution >= 0.6 is 0 Å². The maximum absolute atomic E-state index is 12.9. The summed E-state index contributed by atoms with van der Waals surface area (Å²) in [6, 6.07) is 6.93. The fraction of sp³-hybridized carbons (Fsp3) is 0.619. The minimum absolute atomic E-state index is 0.212. The first-order valence-electron chi connectivity index (χ1n) is 10.5. The van der Waals surface area contributed by atoms with Crippen LogP contribution in [0.2, 0.25) is 0 Å². The van der Waals surface area contributed by atoms with Crippen LogP contribution in [0.1, 0.15) is 52.5 Å². The molecule has 0 radical (unpaired) electrons. The van der Waals surface area contributed by atoms with E-state index in [4.69, 9.17) is 10.7 Å². The zero-order valence-electron chi connectivity index (χ0n) is 18.4. The molecule has 4 N–H and O–H groups in total. The quantitative estimate of drug-likeness (QED) is 0.444. The second-order valence-electron chi connectivity index (χ2n) is 8.76. The Bertz CT molecular complexity index is 862. The van der Waals surface area contributed by atoms with Crippen LogP contribution in [-0.2, 0) is 21.4 Å². The maximum Gasteiger partial charge on any atom is 0.241 e. The number of guanidine groups is 1. The van der Waals surface area contributed by atoms with E-state index in [1.54, 1.807) is 18.2 Å². The van der Waals surface area contributed by atoms with Gasteiger partial charge in [-0.25, -0.2) is 18.1 Å². The van der Waals surface area contributed by atoms with Gasteiger partial charge in [-0.1, -0.05) is 18.2 Å². The monoisotopic (exact) mass is 437 g/mol.